The molecule has 0 radical (unpaired) electrons. The fourth-order valence-corrected chi connectivity index (χ4v) is 4.35. The molecule has 0 unspecified atom stereocenters. The number of carbonyl (C=O) groups excluding carboxylic acids is 2. The number of aryl methyl sites for hydroxylation is 1. The third-order valence-corrected chi connectivity index (χ3v) is 6.05. The van der Waals surface area contributed by atoms with E-state index < -0.39 is 29.0 Å². The number of nitrogens with one attached hydrogen (secondary N) is 1. The molecule has 1 aliphatic rings. The molecular weight excluding hydrogens is 482 g/mol. The van der Waals surface area contributed by atoms with Crippen molar-refractivity contribution in [3.05, 3.63) is 85.1 Å². The number of nitrogens with zero attached hydrogens (tertiary/aromatic N) is 2. The SMILES string of the molecule is Cc1cc(=O)oc2cc(OCC(=O)NN3C(=O)/C(=C\c4ccccc4[N+](=O)[O-])SC3=S)ccc12. The number of rotatable bonds is 6. The van der Waals surface area contributed by atoms with Crippen molar-refractivity contribution in [1.29, 1.82) is 0 Å². The predicted octanol–water partition coefficient (Wildman–Crippen LogP) is 3.32. The van der Waals surface area contributed by atoms with Crippen molar-refractivity contribution in [3.63, 3.8) is 0 Å². The van der Waals surface area contributed by atoms with Gasteiger partial charge in [-0.05, 0) is 49.0 Å². The number of hydrogen-bond acceptors (Lipinski definition) is 9. The highest BCUT2D eigenvalue weighted by atomic mass is 32.2. The van der Waals surface area contributed by atoms with Gasteiger partial charge in [0.25, 0.3) is 17.5 Å². The minimum absolute atomic E-state index is 0.0612. The molecule has 1 fully saturated rings. The molecule has 1 saturated heterocycles. The Morgan fingerprint density at radius 1 is 1.26 bits per heavy atom. The summed E-state index contributed by atoms with van der Waals surface area (Å²) in [7, 11) is 0. The van der Waals surface area contributed by atoms with Crippen LogP contribution in [0.2, 0.25) is 0 Å². The lowest BCUT2D eigenvalue weighted by molar-refractivity contribution is -0.385. The summed E-state index contributed by atoms with van der Waals surface area (Å²) < 4.78 is 10.7. The first kappa shape index (κ1) is 23.1. The molecule has 0 aliphatic carbocycles. The van der Waals surface area contributed by atoms with Crippen molar-refractivity contribution in [3.8, 4) is 5.75 Å². The second-order valence-corrected chi connectivity index (χ2v) is 8.74. The van der Waals surface area contributed by atoms with Gasteiger partial charge in [-0.2, -0.15) is 5.01 Å². The van der Waals surface area contributed by atoms with Gasteiger partial charge in [0.15, 0.2) is 10.9 Å². The summed E-state index contributed by atoms with van der Waals surface area (Å²) in [6.45, 7) is 1.34. The first-order valence-corrected chi connectivity index (χ1v) is 10.9. The second-order valence-electron chi connectivity index (χ2n) is 7.06. The lowest BCUT2D eigenvalue weighted by Crippen LogP contribution is -2.46. The van der Waals surface area contributed by atoms with Crippen molar-refractivity contribution >= 4 is 62.8 Å². The number of hydrazine groups is 1. The Morgan fingerprint density at radius 2 is 2.03 bits per heavy atom. The van der Waals surface area contributed by atoms with Gasteiger partial charge in [0.05, 0.1) is 15.4 Å². The van der Waals surface area contributed by atoms with E-state index in [4.69, 9.17) is 21.4 Å². The molecule has 172 valence electrons. The zero-order valence-corrected chi connectivity index (χ0v) is 19.1. The molecule has 2 heterocycles. The van der Waals surface area contributed by atoms with Gasteiger partial charge in [0.2, 0.25) is 0 Å². The Bertz CT molecular complexity index is 1450. The average Bonchev–Trinajstić information content (AvgIpc) is 3.04. The first-order chi connectivity index (χ1) is 16.2. The lowest BCUT2D eigenvalue weighted by atomic mass is 10.1. The van der Waals surface area contributed by atoms with E-state index in [0.29, 0.717) is 5.58 Å². The number of benzene rings is 2. The molecule has 2 amide bonds. The van der Waals surface area contributed by atoms with Crippen molar-refractivity contribution in [2.45, 2.75) is 6.92 Å². The molecule has 3 aromatic rings. The minimum Gasteiger partial charge on any atom is -0.484 e. The molecule has 0 bridgehead atoms. The fraction of sp³-hybridized carbons (Fsp3) is 0.0909. The van der Waals surface area contributed by atoms with E-state index in [1.54, 1.807) is 25.1 Å². The van der Waals surface area contributed by atoms with Gasteiger partial charge in [0.1, 0.15) is 11.3 Å². The largest absolute Gasteiger partial charge is 0.484 e. The van der Waals surface area contributed by atoms with Gasteiger partial charge in [-0.3, -0.25) is 25.1 Å². The van der Waals surface area contributed by atoms with Gasteiger partial charge in [-0.1, -0.05) is 23.9 Å². The first-order valence-electron chi connectivity index (χ1n) is 9.71. The quantitative estimate of drug-likeness (QED) is 0.179. The lowest BCUT2D eigenvalue weighted by Gasteiger charge is -2.16. The monoisotopic (exact) mass is 497 g/mol. The van der Waals surface area contributed by atoms with Crippen LogP contribution in [0.1, 0.15) is 11.1 Å². The normalized spacial score (nSPS) is 14.6. The third kappa shape index (κ3) is 4.82. The number of ether oxygens (including phenoxy) is 1. The standard InChI is InChI=1S/C22H15N3O7S2/c1-12-8-20(27)32-17-10-14(6-7-15(12)17)31-11-19(26)23-24-21(28)18(34-22(24)33)9-13-4-2-3-5-16(13)25(29)30/h2-10H,11H2,1H3,(H,23,26)/b18-9+. The van der Waals surface area contributed by atoms with E-state index in [0.717, 1.165) is 27.7 Å². The van der Waals surface area contributed by atoms with Crippen molar-refractivity contribution in [1.82, 2.24) is 10.4 Å². The van der Waals surface area contributed by atoms with Crippen LogP contribution >= 0.6 is 24.0 Å². The van der Waals surface area contributed by atoms with E-state index in [-0.39, 0.29) is 26.2 Å². The molecule has 1 N–H and O–H groups in total. The third-order valence-electron chi connectivity index (χ3n) is 4.74. The molecular formula is C22H15N3O7S2. The molecule has 0 spiro atoms. The van der Waals surface area contributed by atoms with Gasteiger partial charge in [0, 0.05) is 23.6 Å². The summed E-state index contributed by atoms with van der Waals surface area (Å²) in [6.07, 6.45) is 1.35. The highest BCUT2D eigenvalue weighted by molar-refractivity contribution is 8.26. The molecule has 4 rings (SSSR count). The molecule has 1 aliphatic heterocycles. The Hall–Kier alpha value is -4.03. The molecule has 0 atom stereocenters. The molecule has 34 heavy (non-hydrogen) atoms. The number of thioether (sulfide) groups is 1. The van der Waals surface area contributed by atoms with Gasteiger partial charge >= 0.3 is 5.63 Å². The number of thiocarbonyl (C=S) groups is 1. The van der Waals surface area contributed by atoms with Gasteiger partial charge in [-0.15, -0.1) is 0 Å². The van der Waals surface area contributed by atoms with Crippen LogP contribution in [0, 0.1) is 17.0 Å². The molecule has 1 aromatic heterocycles. The number of carbonyl (C=O) groups is 2. The second kappa shape index (κ2) is 9.45. The predicted molar refractivity (Wildman–Crippen MR) is 129 cm³/mol. The van der Waals surface area contributed by atoms with Crippen LogP contribution in [0.5, 0.6) is 5.75 Å². The van der Waals surface area contributed by atoms with E-state index in [1.165, 1.54) is 36.4 Å². The number of fused-ring (bicyclic) bond motifs is 1. The summed E-state index contributed by atoms with van der Waals surface area (Å²) in [5, 5.41) is 12.8. The maximum absolute atomic E-state index is 12.7. The number of para-hydroxylation sites is 1. The summed E-state index contributed by atoms with van der Waals surface area (Å²) in [5.74, 6) is -0.989. The van der Waals surface area contributed by atoms with Crippen LogP contribution in [0.25, 0.3) is 17.0 Å². The Morgan fingerprint density at radius 3 is 2.79 bits per heavy atom. The molecule has 12 heteroatoms. The summed E-state index contributed by atoms with van der Waals surface area (Å²) in [4.78, 5) is 47.4. The van der Waals surface area contributed by atoms with Crippen molar-refractivity contribution < 1.29 is 23.7 Å². The van der Waals surface area contributed by atoms with Gasteiger partial charge < -0.3 is 9.15 Å². The van der Waals surface area contributed by atoms with Crippen molar-refractivity contribution in [2.24, 2.45) is 0 Å². The summed E-state index contributed by atoms with van der Waals surface area (Å²) in [5.41, 5.74) is 3.01. The van der Waals surface area contributed by atoms with E-state index in [1.807, 2.05) is 0 Å². The number of nitro groups is 1. The summed E-state index contributed by atoms with van der Waals surface area (Å²) >= 11 is 6.07. The number of nitro benzene ring substituents is 1. The highest BCUT2D eigenvalue weighted by Crippen LogP contribution is 2.33. The van der Waals surface area contributed by atoms with Crippen LogP contribution in [-0.2, 0) is 9.59 Å². The summed E-state index contributed by atoms with van der Waals surface area (Å²) in [6, 6.07) is 12.2. The smallest absolute Gasteiger partial charge is 0.336 e. The fourth-order valence-electron chi connectivity index (χ4n) is 3.18. The molecule has 10 nitrogen and oxygen atoms in total. The average molecular weight is 498 g/mol. The van der Waals surface area contributed by atoms with Crippen LogP contribution in [0.3, 0.4) is 0 Å². The Kier molecular flexibility index (Phi) is 6.43. The van der Waals surface area contributed by atoms with Crippen molar-refractivity contribution in [2.75, 3.05) is 6.61 Å². The van der Waals surface area contributed by atoms with Gasteiger partial charge in [-0.25, -0.2) is 4.79 Å². The Labute approximate surface area is 201 Å². The number of amides is 2. The maximum Gasteiger partial charge on any atom is 0.336 e. The molecule has 2 aromatic carbocycles. The zero-order valence-electron chi connectivity index (χ0n) is 17.5. The highest BCUT2D eigenvalue weighted by Gasteiger charge is 2.34. The van der Waals surface area contributed by atoms with Crippen LogP contribution < -0.4 is 15.8 Å². The van der Waals surface area contributed by atoms with Crippen LogP contribution in [0.4, 0.5) is 5.69 Å². The van der Waals surface area contributed by atoms with E-state index in [2.05, 4.69) is 5.43 Å². The maximum atomic E-state index is 12.7. The minimum atomic E-state index is -0.658. The van der Waals surface area contributed by atoms with Crippen LogP contribution in [-0.4, -0.2) is 32.7 Å². The van der Waals surface area contributed by atoms with E-state index >= 15 is 0 Å². The van der Waals surface area contributed by atoms with E-state index in [9.17, 15) is 24.5 Å². The number of hydrogen-bond donors (Lipinski definition) is 1. The topological polar surface area (TPSA) is 132 Å². The van der Waals surface area contributed by atoms with Crippen LogP contribution in [0.15, 0.2) is 62.6 Å². The molecule has 0 saturated carbocycles. The zero-order chi connectivity index (χ0) is 24.4. The Balaban J connectivity index is 1.43.